The number of amides is 1. The summed E-state index contributed by atoms with van der Waals surface area (Å²) >= 11 is 0. The highest BCUT2D eigenvalue weighted by atomic mass is 16.2. The fourth-order valence-electron chi connectivity index (χ4n) is 3.56. The van der Waals surface area contributed by atoms with Crippen LogP contribution in [0.3, 0.4) is 0 Å². The molecule has 1 saturated heterocycles. The topological polar surface area (TPSA) is 70.1 Å². The molecule has 2 atom stereocenters. The minimum atomic E-state index is -0.120. The average Bonchev–Trinajstić information content (AvgIpc) is 3.02. The van der Waals surface area contributed by atoms with Crippen LogP contribution in [0.1, 0.15) is 37.6 Å². The molecule has 0 radical (unpaired) electrons. The van der Waals surface area contributed by atoms with Crippen molar-refractivity contribution >= 4 is 16.8 Å². The number of aromatic amines is 1. The molecule has 1 aliphatic rings. The summed E-state index contributed by atoms with van der Waals surface area (Å²) in [6.07, 6.45) is 4.28. The van der Waals surface area contributed by atoms with E-state index in [9.17, 15) is 9.59 Å². The number of nitrogens with one attached hydrogen (secondary N) is 2. The zero-order valence-corrected chi connectivity index (χ0v) is 14.8. The fourth-order valence-corrected chi connectivity index (χ4v) is 3.56. The summed E-state index contributed by atoms with van der Waals surface area (Å²) in [7, 11) is 1.67. The molecule has 3 heterocycles. The molecule has 6 heteroatoms. The molecule has 0 unspecified atom stereocenters. The number of piperidine rings is 1. The first kappa shape index (κ1) is 16.8. The van der Waals surface area contributed by atoms with Crippen LogP contribution in [0.5, 0.6) is 0 Å². The van der Waals surface area contributed by atoms with E-state index in [0.717, 1.165) is 19.5 Å². The molecule has 3 rings (SSSR count). The quantitative estimate of drug-likeness (QED) is 0.900. The molecular weight excluding hydrogens is 304 g/mol. The Balaban J connectivity index is 1.80. The van der Waals surface area contributed by atoms with E-state index in [-0.39, 0.29) is 17.5 Å². The van der Waals surface area contributed by atoms with Gasteiger partial charge in [0.25, 0.3) is 11.5 Å². The van der Waals surface area contributed by atoms with E-state index in [1.54, 1.807) is 25.5 Å². The number of pyridine rings is 1. The van der Waals surface area contributed by atoms with E-state index in [2.05, 4.69) is 36.0 Å². The van der Waals surface area contributed by atoms with E-state index in [1.165, 1.54) is 4.57 Å². The van der Waals surface area contributed by atoms with Crippen molar-refractivity contribution in [3.63, 3.8) is 0 Å². The number of rotatable bonds is 3. The standard InChI is InChI=1S/C18H26N4O2/c1-11(2)22-8-6-15(12(3)9-22)20-17(23)14-10-21(4)18(24)16-13(14)5-7-19-16/h5,7,10-12,15,19H,6,8-9H2,1-4H3,(H,20,23)/t12-,15-/m1/s1. The first-order valence-electron chi connectivity index (χ1n) is 8.60. The Kier molecular flexibility index (Phi) is 4.49. The van der Waals surface area contributed by atoms with Gasteiger partial charge in [0.05, 0.1) is 5.56 Å². The van der Waals surface area contributed by atoms with Crippen LogP contribution >= 0.6 is 0 Å². The van der Waals surface area contributed by atoms with Crippen LogP contribution in [0.15, 0.2) is 23.3 Å². The molecule has 130 valence electrons. The third-order valence-corrected chi connectivity index (χ3v) is 5.12. The second-order valence-corrected chi connectivity index (χ2v) is 7.16. The van der Waals surface area contributed by atoms with Gasteiger partial charge in [-0.05, 0) is 32.3 Å². The normalized spacial score (nSPS) is 22.2. The van der Waals surface area contributed by atoms with Gasteiger partial charge in [-0.25, -0.2) is 0 Å². The Bertz CT molecular complexity index is 805. The average molecular weight is 330 g/mol. The minimum Gasteiger partial charge on any atom is -0.357 e. The minimum absolute atomic E-state index is 0.106. The smallest absolute Gasteiger partial charge is 0.274 e. The first-order chi connectivity index (χ1) is 11.4. The highest BCUT2D eigenvalue weighted by Gasteiger charge is 2.29. The number of aryl methyl sites for hydroxylation is 1. The molecule has 0 spiro atoms. The molecule has 24 heavy (non-hydrogen) atoms. The Hall–Kier alpha value is -2.08. The lowest BCUT2D eigenvalue weighted by Gasteiger charge is -2.39. The number of carbonyl (C=O) groups excluding carboxylic acids is 1. The van der Waals surface area contributed by atoms with Crippen molar-refractivity contribution in [1.82, 2.24) is 19.8 Å². The third-order valence-electron chi connectivity index (χ3n) is 5.12. The lowest BCUT2D eigenvalue weighted by molar-refractivity contribution is 0.0833. The Morgan fingerprint density at radius 1 is 1.42 bits per heavy atom. The van der Waals surface area contributed by atoms with Crippen LogP contribution in [0.2, 0.25) is 0 Å². The molecule has 1 fully saturated rings. The van der Waals surface area contributed by atoms with Gasteiger partial charge in [-0.3, -0.25) is 9.59 Å². The van der Waals surface area contributed by atoms with E-state index in [1.807, 2.05) is 0 Å². The van der Waals surface area contributed by atoms with Crippen molar-refractivity contribution in [2.75, 3.05) is 13.1 Å². The molecule has 1 aliphatic heterocycles. The van der Waals surface area contributed by atoms with Crippen LogP contribution in [0.25, 0.3) is 10.9 Å². The summed E-state index contributed by atoms with van der Waals surface area (Å²) in [5.74, 6) is 0.296. The number of hydrogen-bond donors (Lipinski definition) is 2. The molecule has 0 bridgehead atoms. The molecule has 2 aromatic rings. The van der Waals surface area contributed by atoms with E-state index in [0.29, 0.717) is 28.4 Å². The maximum atomic E-state index is 12.8. The van der Waals surface area contributed by atoms with Crippen molar-refractivity contribution in [2.45, 2.75) is 39.3 Å². The summed E-state index contributed by atoms with van der Waals surface area (Å²) in [4.78, 5) is 30.3. The molecule has 0 aliphatic carbocycles. The number of H-pyrrole nitrogens is 1. The highest BCUT2D eigenvalue weighted by Crippen LogP contribution is 2.20. The van der Waals surface area contributed by atoms with E-state index < -0.39 is 0 Å². The lowest BCUT2D eigenvalue weighted by atomic mass is 9.92. The van der Waals surface area contributed by atoms with Gasteiger partial charge in [-0.2, -0.15) is 0 Å². The number of hydrogen-bond acceptors (Lipinski definition) is 3. The van der Waals surface area contributed by atoms with Crippen molar-refractivity contribution in [3.05, 3.63) is 34.4 Å². The van der Waals surface area contributed by atoms with Crippen LogP contribution in [0.4, 0.5) is 0 Å². The number of nitrogens with zero attached hydrogens (tertiary/aromatic N) is 2. The van der Waals surface area contributed by atoms with Gasteiger partial charge in [0.1, 0.15) is 5.52 Å². The van der Waals surface area contributed by atoms with E-state index >= 15 is 0 Å². The van der Waals surface area contributed by atoms with Gasteiger partial charge in [0.15, 0.2) is 0 Å². The highest BCUT2D eigenvalue weighted by molar-refractivity contribution is 6.06. The zero-order valence-electron chi connectivity index (χ0n) is 14.8. The third kappa shape index (κ3) is 2.98. The molecule has 6 nitrogen and oxygen atoms in total. The largest absolute Gasteiger partial charge is 0.357 e. The monoisotopic (exact) mass is 330 g/mol. The lowest BCUT2D eigenvalue weighted by Crippen LogP contribution is -2.51. The van der Waals surface area contributed by atoms with Gasteiger partial charge in [-0.15, -0.1) is 0 Å². The summed E-state index contributed by atoms with van der Waals surface area (Å²) < 4.78 is 1.46. The van der Waals surface area contributed by atoms with E-state index in [4.69, 9.17) is 0 Å². The van der Waals surface area contributed by atoms with Crippen molar-refractivity contribution < 1.29 is 4.79 Å². The molecule has 0 saturated carbocycles. The molecular formula is C18H26N4O2. The maximum absolute atomic E-state index is 12.8. The summed E-state index contributed by atoms with van der Waals surface area (Å²) in [5.41, 5.74) is 0.907. The first-order valence-corrected chi connectivity index (χ1v) is 8.60. The number of likely N-dealkylation sites (tertiary alicyclic amines) is 1. The fraction of sp³-hybridized carbons (Fsp3) is 0.556. The van der Waals surface area contributed by atoms with Crippen LogP contribution < -0.4 is 10.9 Å². The number of carbonyl (C=O) groups is 1. The predicted molar refractivity (Wildman–Crippen MR) is 95.3 cm³/mol. The molecule has 1 amide bonds. The predicted octanol–water partition coefficient (Wildman–Crippen LogP) is 1.72. The second kappa shape index (κ2) is 6.43. The van der Waals surface area contributed by atoms with Crippen LogP contribution in [-0.2, 0) is 7.05 Å². The van der Waals surface area contributed by atoms with Gasteiger partial charge in [-0.1, -0.05) is 6.92 Å². The summed E-state index contributed by atoms with van der Waals surface area (Å²) in [6, 6.07) is 2.49. The number of aromatic nitrogens is 2. The molecule has 0 aromatic carbocycles. The summed E-state index contributed by atoms with van der Waals surface area (Å²) in [6.45, 7) is 8.60. The van der Waals surface area contributed by atoms with Gasteiger partial charge >= 0.3 is 0 Å². The Labute approximate surface area is 141 Å². The van der Waals surface area contributed by atoms with Gasteiger partial charge in [0.2, 0.25) is 0 Å². The number of fused-ring (bicyclic) bond motifs is 1. The van der Waals surface area contributed by atoms with Crippen molar-refractivity contribution in [2.24, 2.45) is 13.0 Å². The van der Waals surface area contributed by atoms with Crippen LogP contribution in [-0.4, -0.2) is 45.5 Å². The Morgan fingerprint density at radius 3 is 2.83 bits per heavy atom. The second-order valence-electron chi connectivity index (χ2n) is 7.16. The molecule has 2 aromatic heterocycles. The van der Waals surface area contributed by atoms with Gasteiger partial charge < -0.3 is 19.8 Å². The Morgan fingerprint density at radius 2 is 2.17 bits per heavy atom. The zero-order chi connectivity index (χ0) is 17.4. The summed E-state index contributed by atoms with van der Waals surface area (Å²) in [5, 5.41) is 3.86. The van der Waals surface area contributed by atoms with Gasteiger partial charge in [0, 0.05) is 50.0 Å². The van der Waals surface area contributed by atoms with Crippen molar-refractivity contribution in [3.8, 4) is 0 Å². The molecule has 2 N–H and O–H groups in total. The maximum Gasteiger partial charge on any atom is 0.274 e. The van der Waals surface area contributed by atoms with Crippen molar-refractivity contribution in [1.29, 1.82) is 0 Å². The van der Waals surface area contributed by atoms with Crippen LogP contribution in [0, 0.1) is 5.92 Å². The SMILES string of the molecule is CC(C)N1CC[C@@H](NC(=O)c2cn(C)c(=O)c3[nH]ccc23)[C@H](C)C1.